The lowest BCUT2D eigenvalue weighted by Gasteiger charge is -2.13. The first-order chi connectivity index (χ1) is 10.7. The number of anilines is 1. The first kappa shape index (κ1) is 16.6. The van der Waals surface area contributed by atoms with Gasteiger partial charge in [0.25, 0.3) is 0 Å². The van der Waals surface area contributed by atoms with E-state index in [0.717, 1.165) is 33.3 Å². The van der Waals surface area contributed by atoms with Gasteiger partial charge in [-0.05, 0) is 42.9 Å². The van der Waals surface area contributed by atoms with Gasteiger partial charge >= 0.3 is 0 Å². The van der Waals surface area contributed by atoms with Crippen LogP contribution in [0.2, 0.25) is 0 Å². The molecule has 0 saturated heterocycles. The fourth-order valence-electron chi connectivity index (χ4n) is 2.01. The van der Waals surface area contributed by atoms with Crippen LogP contribution >= 0.6 is 11.8 Å². The van der Waals surface area contributed by atoms with Crippen molar-refractivity contribution < 1.29 is 9.13 Å². The number of ether oxygens (including phenoxy) is 1. The van der Waals surface area contributed by atoms with Crippen molar-refractivity contribution in [2.24, 2.45) is 0 Å². The highest BCUT2D eigenvalue weighted by Gasteiger charge is 2.08. The fraction of sp³-hybridized carbons (Fsp3) is 0.294. The zero-order valence-corrected chi connectivity index (χ0v) is 13.5. The minimum absolute atomic E-state index is 0.357. The number of alkyl halides is 1. The number of rotatable bonds is 8. The molecule has 22 heavy (non-hydrogen) atoms. The zero-order valence-electron chi connectivity index (χ0n) is 12.6. The molecule has 0 unspecified atom stereocenters. The van der Waals surface area contributed by atoms with Crippen LogP contribution in [0.5, 0.6) is 5.75 Å². The quantitative estimate of drug-likeness (QED) is 0.572. The van der Waals surface area contributed by atoms with Crippen LogP contribution in [0.1, 0.15) is 12.0 Å². The number of nitrogens with two attached hydrogens (primary N) is 1. The molecule has 5 heteroatoms. The molecule has 0 heterocycles. The van der Waals surface area contributed by atoms with Crippen LogP contribution in [0.3, 0.4) is 0 Å². The van der Waals surface area contributed by atoms with E-state index in [4.69, 9.17) is 10.5 Å². The summed E-state index contributed by atoms with van der Waals surface area (Å²) in [6.45, 7) is 0.771. The van der Waals surface area contributed by atoms with Crippen molar-refractivity contribution in [3.63, 3.8) is 0 Å². The van der Waals surface area contributed by atoms with Gasteiger partial charge in [0.2, 0.25) is 0 Å². The summed E-state index contributed by atoms with van der Waals surface area (Å²) < 4.78 is 17.7. The van der Waals surface area contributed by atoms with E-state index in [1.807, 2.05) is 49.5 Å². The van der Waals surface area contributed by atoms with E-state index in [9.17, 15) is 4.39 Å². The average molecular weight is 320 g/mol. The number of hydrogen-bond acceptors (Lipinski definition) is 4. The molecule has 0 radical (unpaired) electrons. The summed E-state index contributed by atoms with van der Waals surface area (Å²) in [5.41, 5.74) is 7.91. The van der Waals surface area contributed by atoms with E-state index < -0.39 is 0 Å². The molecule has 3 nitrogen and oxygen atoms in total. The second-order valence-corrected chi connectivity index (χ2v) is 5.91. The maximum atomic E-state index is 12.1. The zero-order chi connectivity index (χ0) is 15.8. The van der Waals surface area contributed by atoms with Crippen LogP contribution in [-0.4, -0.2) is 20.3 Å². The molecule has 0 spiro atoms. The lowest BCUT2D eigenvalue weighted by atomic mass is 10.2. The molecule has 2 aromatic carbocycles. The number of halogens is 1. The van der Waals surface area contributed by atoms with Crippen molar-refractivity contribution in [2.45, 2.75) is 22.8 Å². The SMILES string of the molecule is CNCc1cc(OCCCF)ccc1Sc1ccccc1N. The van der Waals surface area contributed by atoms with Crippen molar-refractivity contribution in [1.82, 2.24) is 5.32 Å². The predicted octanol–water partition coefficient (Wildman–Crippen LogP) is 3.88. The van der Waals surface area contributed by atoms with Gasteiger partial charge in [-0.25, -0.2) is 0 Å². The van der Waals surface area contributed by atoms with Crippen molar-refractivity contribution in [3.8, 4) is 5.75 Å². The van der Waals surface area contributed by atoms with Crippen molar-refractivity contribution in [2.75, 3.05) is 26.1 Å². The highest BCUT2D eigenvalue weighted by molar-refractivity contribution is 7.99. The summed E-state index contributed by atoms with van der Waals surface area (Å²) in [6, 6.07) is 13.7. The third-order valence-corrected chi connectivity index (χ3v) is 4.29. The smallest absolute Gasteiger partial charge is 0.119 e. The van der Waals surface area contributed by atoms with E-state index in [0.29, 0.717) is 13.0 Å². The van der Waals surface area contributed by atoms with Gasteiger partial charge in [-0.3, -0.25) is 4.39 Å². The molecule has 2 rings (SSSR count). The highest BCUT2D eigenvalue weighted by atomic mass is 32.2. The monoisotopic (exact) mass is 320 g/mol. The third kappa shape index (κ3) is 4.64. The maximum absolute atomic E-state index is 12.1. The number of nitrogens with one attached hydrogen (secondary N) is 1. The van der Waals surface area contributed by atoms with Gasteiger partial charge in [-0.2, -0.15) is 0 Å². The molecule has 0 aliphatic rings. The van der Waals surface area contributed by atoms with Gasteiger partial charge in [-0.1, -0.05) is 23.9 Å². The molecule has 3 N–H and O–H groups in total. The fourth-order valence-corrected chi connectivity index (χ4v) is 2.98. The Labute approximate surface area is 135 Å². The van der Waals surface area contributed by atoms with E-state index in [-0.39, 0.29) is 6.67 Å². The van der Waals surface area contributed by atoms with Crippen LogP contribution in [-0.2, 0) is 6.54 Å². The maximum Gasteiger partial charge on any atom is 0.119 e. The topological polar surface area (TPSA) is 47.3 Å². The average Bonchev–Trinajstić information content (AvgIpc) is 2.52. The molecule has 118 valence electrons. The third-order valence-electron chi connectivity index (χ3n) is 3.08. The molecule has 0 fully saturated rings. The van der Waals surface area contributed by atoms with Gasteiger partial charge < -0.3 is 15.8 Å². The predicted molar refractivity (Wildman–Crippen MR) is 90.3 cm³/mol. The molecule has 2 aromatic rings. The molecule has 0 aliphatic carbocycles. The molecular weight excluding hydrogens is 299 g/mol. The lowest BCUT2D eigenvalue weighted by Crippen LogP contribution is -2.07. The normalized spacial score (nSPS) is 10.6. The number of nitrogen functional groups attached to an aromatic ring is 1. The Hall–Kier alpha value is -1.72. The first-order valence-electron chi connectivity index (χ1n) is 7.23. The second kappa shape index (κ2) is 8.66. The van der Waals surface area contributed by atoms with Gasteiger partial charge in [0.05, 0.1) is 13.3 Å². The Balaban J connectivity index is 2.17. The van der Waals surface area contributed by atoms with E-state index in [2.05, 4.69) is 5.32 Å². The number of hydrogen-bond donors (Lipinski definition) is 2. The minimum atomic E-state index is -0.357. The second-order valence-electron chi connectivity index (χ2n) is 4.83. The summed E-state index contributed by atoms with van der Waals surface area (Å²) in [6.07, 6.45) is 0.415. The Kier molecular flexibility index (Phi) is 6.55. The Morgan fingerprint density at radius 1 is 1.18 bits per heavy atom. The van der Waals surface area contributed by atoms with Gasteiger partial charge in [0.1, 0.15) is 5.75 Å². The van der Waals surface area contributed by atoms with Crippen LogP contribution in [0, 0.1) is 0 Å². The number of para-hydroxylation sites is 1. The summed E-state index contributed by atoms with van der Waals surface area (Å²) >= 11 is 1.64. The summed E-state index contributed by atoms with van der Waals surface area (Å²) in [4.78, 5) is 2.16. The van der Waals surface area contributed by atoms with Crippen LogP contribution in [0.4, 0.5) is 10.1 Å². The minimum Gasteiger partial charge on any atom is -0.493 e. The largest absolute Gasteiger partial charge is 0.493 e. The summed E-state index contributed by atoms with van der Waals surface area (Å²) in [7, 11) is 1.90. The van der Waals surface area contributed by atoms with Gasteiger partial charge in [0.15, 0.2) is 0 Å². The highest BCUT2D eigenvalue weighted by Crippen LogP contribution is 2.35. The molecule has 0 aliphatic heterocycles. The van der Waals surface area contributed by atoms with Crippen LogP contribution in [0.25, 0.3) is 0 Å². The standard InChI is InChI=1S/C17H21FN2OS/c1-20-12-13-11-14(21-10-4-9-18)7-8-16(13)22-17-6-3-2-5-15(17)19/h2-3,5-8,11,20H,4,9-10,12,19H2,1H3. The van der Waals surface area contributed by atoms with Crippen molar-refractivity contribution in [1.29, 1.82) is 0 Å². The Bertz CT molecular complexity index is 607. The van der Waals surface area contributed by atoms with Crippen LogP contribution < -0.4 is 15.8 Å². The molecule has 0 saturated carbocycles. The molecular formula is C17H21FN2OS. The molecule has 0 bridgehead atoms. The van der Waals surface area contributed by atoms with E-state index in [1.165, 1.54) is 0 Å². The Morgan fingerprint density at radius 2 is 2.00 bits per heavy atom. The molecule has 0 amide bonds. The molecule has 0 aromatic heterocycles. The van der Waals surface area contributed by atoms with E-state index >= 15 is 0 Å². The Morgan fingerprint density at radius 3 is 2.73 bits per heavy atom. The molecule has 0 atom stereocenters. The van der Waals surface area contributed by atoms with Gasteiger partial charge in [0, 0.05) is 28.4 Å². The summed E-state index contributed by atoms with van der Waals surface area (Å²) in [5, 5.41) is 3.16. The van der Waals surface area contributed by atoms with Crippen molar-refractivity contribution >= 4 is 17.4 Å². The lowest BCUT2D eigenvalue weighted by molar-refractivity contribution is 0.289. The van der Waals surface area contributed by atoms with Crippen molar-refractivity contribution in [3.05, 3.63) is 48.0 Å². The first-order valence-corrected chi connectivity index (χ1v) is 8.05. The summed E-state index contributed by atoms with van der Waals surface area (Å²) in [5.74, 6) is 0.768. The number of benzene rings is 2. The van der Waals surface area contributed by atoms with Crippen LogP contribution in [0.15, 0.2) is 52.3 Å². The van der Waals surface area contributed by atoms with E-state index in [1.54, 1.807) is 11.8 Å². The van der Waals surface area contributed by atoms with Gasteiger partial charge in [-0.15, -0.1) is 0 Å².